The van der Waals surface area contributed by atoms with Crippen LogP contribution in [0.1, 0.15) is 18.9 Å². The molecule has 1 atom stereocenters. The second-order valence-electron chi connectivity index (χ2n) is 5.99. The summed E-state index contributed by atoms with van der Waals surface area (Å²) in [6.07, 6.45) is 0.143. The summed E-state index contributed by atoms with van der Waals surface area (Å²) in [5.41, 5.74) is 1.70. The molecule has 1 heterocycles. The van der Waals surface area contributed by atoms with Gasteiger partial charge in [0.15, 0.2) is 0 Å². The van der Waals surface area contributed by atoms with Gasteiger partial charge in [0.2, 0.25) is 11.8 Å². The lowest BCUT2D eigenvalue weighted by Gasteiger charge is -2.20. The lowest BCUT2D eigenvalue weighted by atomic mass is 10.1. The van der Waals surface area contributed by atoms with Gasteiger partial charge in [0, 0.05) is 18.7 Å². The van der Waals surface area contributed by atoms with Gasteiger partial charge in [-0.2, -0.15) is 5.26 Å². The molecule has 0 bridgehead atoms. The van der Waals surface area contributed by atoms with Crippen LogP contribution in [0.25, 0.3) is 0 Å². The summed E-state index contributed by atoms with van der Waals surface area (Å²) in [5, 5.41) is 11.7. The highest BCUT2D eigenvalue weighted by Crippen LogP contribution is 2.33. The highest BCUT2D eigenvalue weighted by molar-refractivity contribution is 6.04. The van der Waals surface area contributed by atoms with Crippen molar-refractivity contribution in [2.45, 2.75) is 13.3 Å². The van der Waals surface area contributed by atoms with Gasteiger partial charge in [0.1, 0.15) is 5.75 Å². The molecular weight excluding hydrogens is 330 g/mol. The Morgan fingerprint density at radius 1 is 1.31 bits per heavy atom. The molecule has 26 heavy (non-hydrogen) atoms. The summed E-state index contributed by atoms with van der Waals surface area (Å²) in [6, 6.07) is 16.1. The van der Waals surface area contributed by atoms with E-state index in [1.54, 1.807) is 29.2 Å². The van der Waals surface area contributed by atoms with E-state index in [1.807, 2.05) is 37.3 Å². The minimum Gasteiger partial charge on any atom is -0.492 e. The van der Waals surface area contributed by atoms with Crippen LogP contribution in [-0.2, 0) is 9.59 Å². The number of nitrogens with one attached hydrogen (secondary N) is 1. The Balaban J connectivity index is 1.73. The molecule has 0 aromatic heterocycles. The summed E-state index contributed by atoms with van der Waals surface area (Å²) in [6.45, 7) is 2.68. The minimum absolute atomic E-state index is 0.108. The Morgan fingerprint density at radius 2 is 2.12 bits per heavy atom. The summed E-state index contributed by atoms with van der Waals surface area (Å²) in [7, 11) is 0. The SMILES string of the molecule is CCOc1ccccc1N1C[C@H](C(=O)Nc2cccc(C#N)c2)CC1=O. The number of carbonyl (C=O) groups excluding carboxylic acids is 2. The van der Waals surface area contributed by atoms with Crippen LogP contribution in [0.3, 0.4) is 0 Å². The summed E-state index contributed by atoms with van der Waals surface area (Å²) in [4.78, 5) is 26.6. The Kier molecular flexibility index (Phi) is 5.18. The van der Waals surface area contributed by atoms with Crippen LogP contribution in [0.5, 0.6) is 5.75 Å². The molecule has 0 unspecified atom stereocenters. The maximum Gasteiger partial charge on any atom is 0.229 e. The largest absolute Gasteiger partial charge is 0.492 e. The van der Waals surface area contributed by atoms with Crippen molar-refractivity contribution in [1.29, 1.82) is 5.26 Å². The maximum absolute atomic E-state index is 12.5. The highest BCUT2D eigenvalue weighted by Gasteiger charge is 2.36. The van der Waals surface area contributed by atoms with Crippen molar-refractivity contribution in [2.24, 2.45) is 5.92 Å². The Morgan fingerprint density at radius 3 is 2.88 bits per heavy atom. The van der Waals surface area contributed by atoms with Gasteiger partial charge in [0.05, 0.1) is 29.8 Å². The van der Waals surface area contributed by atoms with E-state index < -0.39 is 5.92 Å². The fourth-order valence-electron chi connectivity index (χ4n) is 2.98. The Labute approximate surface area is 152 Å². The number of hydrogen-bond donors (Lipinski definition) is 1. The summed E-state index contributed by atoms with van der Waals surface area (Å²) < 4.78 is 5.59. The van der Waals surface area contributed by atoms with E-state index >= 15 is 0 Å². The van der Waals surface area contributed by atoms with Gasteiger partial charge in [0.25, 0.3) is 0 Å². The van der Waals surface area contributed by atoms with Crippen molar-refractivity contribution in [2.75, 3.05) is 23.4 Å². The second kappa shape index (κ2) is 7.70. The van der Waals surface area contributed by atoms with E-state index in [0.29, 0.717) is 35.8 Å². The van der Waals surface area contributed by atoms with Gasteiger partial charge in [-0.1, -0.05) is 18.2 Å². The lowest BCUT2D eigenvalue weighted by molar-refractivity contribution is -0.122. The number of carbonyl (C=O) groups is 2. The number of nitriles is 1. The van der Waals surface area contributed by atoms with Crippen molar-refractivity contribution in [3.05, 3.63) is 54.1 Å². The zero-order valence-electron chi connectivity index (χ0n) is 14.4. The van der Waals surface area contributed by atoms with E-state index in [-0.39, 0.29) is 18.2 Å². The van der Waals surface area contributed by atoms with Crippen LogP contribution in [0, 0.1) is 17.2 Å². The molecule has 1 aliphatic heterocycles. The molecule has 132 valence electrons. The summed E-state index contributed by atoms with van der Waals surface area (Å²) in [5.74, 6) is -0.165. The predicted molar refractivity (Wildman–Crippen MR) is 97.9 cm³/mol. The zero-order valence-corrected chi connectivity index (χ0v) is 14.4. The molecule has 1 saturated heterocycles. The third kappa shape index (κ3) is 3.67. The molecule has 0 saturated carbocycles. The van der Waals surface area contributed by atoms with Gasteiger partial charge in [-0.05, 0) is 37.3 Å². The van der Waals surface area contributed by atoms with Gasteiger partial charge in [-0.25, -0.2) is 0 Å². The third-order valence-corrected chi connectivity index (χ3v) is 4.21. The zero-order chi connectivity index (χ0) is 18.5. The number of nitrogens with zero attached hydrogens (tertiary/aromatic N) is 2. The Hall–Kier alpha value is -3.33. The molecule has 2 amide bonds. The molecule has 6 nitrogen and oxygen atoms in total. The predicted octanol–water partition coefficient (Wildman–Crippen LogP) is 2.95. The topological polar surface area (TPSA) is 82.4 Å². The summed E-state index contributed by atoms with van der Waals surface area (Å²) >= 11 is 0. The molecule has 2 aromatic rings. The van der Waals surface area contributed by atoms with Crippen LogP contribution in [0.4, 0.5) is 11.4 Å². The van der Waals surface area contributed by atoms with E-state index in [2.05, 4.69) is 5.32 Å². The first-order valence-corrected chi connectivity index (χ1v) is 8.45. The normalized spacial score (nSPS) is 16.2. The number of hydrogen-bond acceptors (Lipinski definition) is 4. The molecule has 0 radical (unpaired) electrons. The third-order valence-electron chi connectivity index (χ3n) is 4.21. The molecule has 1 aliphatic rings. The molecule has 0 spiro atoms. The standard InChI is InChI=1S/C20H19N3O3/c1-2-26-18-9-4-3-8-17(18)23-13-15(11-19(23)24)20(25)22-16-7-5-6-14(10-16)12-21/h3-10,15H,2,11,13H2,1H3,(H,22,25)/t15-/m1/s1. The van der Waals surface area contributed by atoms with E-state index in [0.717, 1.165) is 0 Å². The van der Waals surface area contributed by atoms with E-state index in [4.69, 9.17) is 10.00 Å². The van der Waals surface area contributed by atoms with E-state index in [9.17, 15) is 9.59 Å². The van der Waals surface area contributed by atoms with Crippen molar-refractivity contribution < 1.29 is 14.3 Å². The number of para-hydroxylation sites is 2. The number of anilines is 2. The van der Waals surface area contributed by atoms with Gasteiger partial charge >= 0.3 is 0 Å². The number of amides is 2. The fraction of sp³-hybridized carbons (Fsp3) is 0.250. The van der Waals surface area contributed by atoms with E-state index in [1.165, 1.54) is 0 Å². The quantitative estimate of drug-likeness (QED) is 0.900. The van der Waals surface area contributed by atoms with Crippen molar-refractivity contribution >= 4 is 23.2 Å². The molecule has 3 rings (SSSR count). The van der Waals surface area contributed by atoms with Crippen LogP contribution < -0.4 is 15.0 Å². The molecule has 2 aromatic carbocycles. The first-order valence-electron chi connectivity index (χ1n) is 8.45. The average Bonchev–Trinajstić information content (AvgIpc) is 3.04. The minimum atomic E-state index is -0.456. The van der Waals surface area contributed by atoms with Gasteiger partial charge in [-0.3, -0.25) is 9.59 Å². The van der Waals surface area contributed by atoms with Crippen molar-refractivity contribution in [3.63, 3.8) is 0 Å². The average molecular weight is 349 g/mol. The maximum atomic E-state index is 12.5. The first kappa shape index (κ1) is 17.5. The number of benzene rings is 2. The van der Waals surface area contributed by atoms with Crippen molar-refractivity contribution in [1.82, 2.24) is 0 Å². The molecule has 1 N–H and O–H groups in total. The van der Waals surface area contributed by atoms with Crippen LogP contribution >= 0.6 is 0 Å². The van der Waals surface area contributed by atoms with Crippen LogP contribution in [0.2, 0.25) is 0 Å². The smallest absolute Gasteiger partial charge is 0.229 e. The molecule has 1 fully saturated rings. The van der Waals surface area contributed by atoms with Crippen molar-refractivity contribution in [3.8, 4) is 11.8 Å². The van der Waals surface area contributed by atoms with Gasteiger partial charge in [-0.15, -0.1) is 0 Å². The second-order valence-corrected chi connectivity index (χ2v) is 5.99. The molecular formula is C20H19N3O3. The van der Waals surface area contributed by atoms with Crippen LogP contribution in [-0.4, -0.2) is 25.0 Å². The monoisotopic (exact) mass is 349 g/mol. The first-order chi connectivity index (χ1) is 12.6. The molecule has 0 aliphatic carbocycles. The lowest BCUT2D eigenvalue weighted by Crippen LogP contribution is -2.28. The van der Waals surface area contributed by atoms with Crippen LogP contribution in [0.15, 0.2) is 48.5 Å². The van der Waals surface area contributed by atoms with Gasteiger partial charge < -0.3 is 15.0 Å². The number of rotatable bonds is 5. The highest BCUT2D eigenvalue weighted by atomic mass is 16.5. The molecule has 6 heteroatoms. The fourth-order valence-corrected chi connectivity index (χ4v) is 2.98. The number of ether oxygens (including phenoxy) is 1. The Bertz CT molecular complexity index is 873.